The number of carbonyl (C=O) groups is 1. The van der Waals surface area contributed by atoms with E-state index in [-0.39, 0.29) is 18.1 Å². The van der Waals surface area contributed by atoms with E-state index in [2.05, 4.69) is 4.98 Å². The van der Waals surface area contributed by atoms with Crippen molar-refractivity contribution >= 4 is 11.5 Å². The number of hydrogen-bond donors (Lipinski definition) is 2. The minimum absolute atomic E-state index is 0.000794. The molecule has 0 saturated heterocycles. The van der Waals surface area contributed by atoms with Crippen LogP contribution in [0.5, 0.6) is 23.1 Å². The number of carbonyl (C=O) groups excluding carboxylic acids is 1. The smallest absolute Gasteiger partial charge is 0.219 e. The molecule has 0 aliphatic carbocycles. The average Bonchev–Trinajstić information content (AvgIpc) is 2.69. The predicted molar refractivity (Wildman–Crippen MR) is 112 cm³/mol. The molecule has 0 aliphatic heterocycles. The zero-order valence-electron chi connectivity index (χ0n) is 16.5. The van der Waals surface area contributed by atoms with Crippen molar-refractivity contribution in [3.63, 3.8) is 0 Å². The highest BCUT2D eigenvalue weighted by molar-refractivity contribution is 5.97. The van der Waals surface area contributed by atoms with Gasteiger partial charge in [0.05, 0.1) is 5.56 Å². The Bertz CT molecular complexity index is 1000. The fourth-order valence-corrected chi connectivity index (χ4v) is 2.95. The van der Waals surface area contributed by atoms with E-state index in [1.165, 1.54) is 6.92 Å². The number of aromatic nitrogens is 1. The number of phenolic OH excluding ortho intramolecular Hbond substituents is 1. The second kappa shape index (κ2) is 9.10. The average molecular weight is 392 g/mol. The number of pyridine rings is 1. The molecule has 0 fully saturated rings. The minimum Gasteiger partial charge on any atom is -0.507 e. The van der Waals surface area contributed by atoms with Crippen LogP contribution in [0.3, 0.4) is 0 Å². The van der Waals surface area contributed by atoms with Crippen LogP contribution in [-0.2, 0) is 13.0 Å². The Morgan fingerprint density at radius 3 is 2.66 bits per heavy atom. The second-order valence-electron chi connectivity index (χ2n) is 6.71. The molecule has 0 radical (unpaired) electrons. The van der Waals surface area contributed by atoms with Gasteiger partial charge in [-0.3, -0.25) is 4.79 Å². The highest BCUT2D eigenvalue weighted by Crippen LogP contribution is 2.33. The van der Waals surface area contributed by atoms with Crippen molar-refractivity contribution < 1.29 is 19.4 Å². The van der Waals surface area contributed by atoms with Crippen LogP contribution in [0.15, 0.2) is 54.7 Å². The van der Waals surface area contributed by atoms with Crippen LogP contribution >= 0.6 is 0 Å². The molecule has 0 bridgehead atoms. The van der Waals surface area contributed by atoms with Gasteiger partial charge in [-0.15, -0.1) is 0 Å². The summed E-state index contributed by atoms with van der Waals surface area (Å²) in [5.74, 6) is 1.46. The molecule has 6 heteroatoms. The first-order valence-electron chi connectivity index (χ1n) is 9.44. The summed E-state index contributed by atoms with van der Waals surface area (Å²) < 4.78 is 11.6. The summed E-state index contributed by atoms with van der Waals surface area (Å²) in [6.07, 6.45) is 3.11. The number of nitrogens with two attached hydrogens (primary N) is 1. The van der Waals surface area contributed by atoms with Crippen LogP contribution in [-0.4, -0.2) is 15.9 Å². The van der Waals surface area contributed by atoms with E-state index in [1.807, 2.05) is 25.1 Å². The number of benzene rings is 2. The summed E-state index contributed by atoms with van der Waals surface area (Å²) >= 11 is 0. The molecule has 0 saturated carbocycles. The van der Waals surface area contributed by atoms with Gasteiger partial charge in [0.15, 0.2) is 5.78 Å². The largest absolute Gasteiger partial charge is 0.507 e. The lowest BCUT2D eigenvalue weighted by Gasteiger charge is -2.14. The first-order chi connectivity index (χ1) is 14.0. The van der Waals surface area contributed by atoms with Gasteiger partial charge in [0.2, 0.25) is 5.88 Å². The van der Waals surface area contributed by atoms with Gasteiger partial charge in [-0.05, 0) is 43.7 Å². The van der Waals surface area contributed by atoms with Gasteiger partial charge >= 0.3 is 0 Å². The second-order valence-corrected chi connectivity index (χ2v) is 6.71. The van der Waals surface area contributed by atoms with Gasteiger partial charge < -0.3 is 20.3 Å². The van der Waals surface area contributed by atoms with E-state index in [0.29, 0.717) is 40.6 Å². The van der Waals surface area contributed by atoms with Crippen molar-refractivity contribution in [2.45, 2.75) is 33.3 Å². The van der Waals surface area contributed by atoms with Crippen LogP contribution in [0.4, 0.5) is 5.69 Å². The summed E-state index contributed by atoms with van der Waals surface area (Å²) in [4.78, 5) is 16.0. The molecular formula is C23H24N2O4. The van der Waals surface area contributed by atoms with E-state index in [9.17, 15) is 9.90 Å². The third-order valence-electron chi connectivity index (χ3n) is 4.39. The molecule has 1 aromatic heterocycles. The SMILES string of the molecule is CCCc1c(OCc2ccc(Oc3cccc(N)c3)nc2)ccc(C(C)=O)c1O. The normalized spacial score (nSPS) is 10.6. The summed E-state index contributed by atoms with van der Waals surface area (Å²) in [7, 11) is 0. The number of anilines is 1. The molecule has 6 nitrogen and oxygen atoms in total. The molecular weight excluding hydrogens is 368 g/mol. The number of aromatic hydroxyl groups is 1. The van der Waals surface area contributed by atoms with Gasteiger partial charge in [0.1, 0.15) is 23.9 Å². The van der Waals surface area contributed by atoms with Gasteiger partial charge in [-0.25, -0.2) is 4.98 Å². The Balaban J connectivity index is 1.70. The number of phenols is 1. The van der Waals surface area contributed by atoms with Crippen molar-refractivity contribution in [2.75, 3.05) is 5.73 Å². The maximum atomic E-state index is 11.7. The molecule has 0 atom stereocenters. The lowest BCUT2D eigenvalue weighted by Crippen LogP contribution is -2.03. The third kappa shape index (κ3) is 5.04. The third-order valence-corrected chi connectivity index (χ3v) is 4.39. The Morgan fingerprint density at radius 1 is 1.17 bits per heavy atom. The quantitative estimate of drug-likeness (QED) is 0.418. The molecule has 0 spiro atoms. The summed E-state index contributed by atoms with van der Waals surface area (Å²) in [6, 6.07) is 14.1. The molecule has 1 heterocycles. The number of rotatable bonds is 8. The summed E-state index contributed by atoms with van der Waals surface area (Å²) in [5, 5.41) is 10.4. The van der Waals surface area contributed by atoms with Gasteiger partial charge in [-0.1, -0.05) is 19.4 Å². The molecule has 3 rings (SSSR count). The van der Waals surface area contributed by atoms with E-state index in [1.54, 1.807) is 36.5 Å². The summed E-state index contributed by atoms with van der Waals surface area (Å²) in [5.41, 5.74) is 8.18. The maximum Gasteiger partial charge on any atom is 0.219 e. The van der Waals surface area contributed by atoms with Crippen LogP contribution in [0.2, 0.25) is 0 Å². The maximum absolute atomic E-state index is 11.7. The fraction of sp³-hybridized carbons (Fsp3) is 0.217. The van der Waals surface area contributed by atoms with E-state index >= 15 is 0 Å². The zero-order chi connectivity index (χ0) is 20.8. The Labute approximate surface area is 169 Å². The number of ether oxygens (including phenoxy) is 2. The van der Waals surface area contributed by atoms with Crippen LogP contribution in [0.25, 0.3) is 0 Å². The first kappa shape index (κ1) is 20.2. The number of Topliss-reactive ketones (excluding diaryl/α,β-unsaturated/α-hetero) is 1. The Morgan fingerprint density at radius 2 is 2.00 bits per heavy atom. The minimum atomic E-state index is -0.175. The molecule has 29 heavy (non-hydrogen) atoms. The fourth-order valence-electron chi connectivity index (χ4n) is 2.95. The van der Waals surface area contributed by atoms with Crippen LogP contribution in [0, 0.1) is 0 Å². The first-order valence-corrected chi connectivity index (χ1v) is 9.44. The lowest BCUT2D eigenvalue weighted by molar-refractivity contribution is 0.101. The van der Waals surface area contributed by atoms with Gasteiger partial charge in [0.25, 0.3) is 0 Å². The van der Waals surface area contributed by atoms with Crippen LogP contribution < -0.4 is 15.2 Å². The van der Waals surface area contributed by atoms with Crippen molar-refractivity contribution in [1.29, 1.82) is 0 Å². The van der Waals surface area contributed by atoms with Crippen molar-refractivity contribution in [3.8, 4) is 23.1 Å². The molecule has 150 valence electrons. The highest BCUT2D eigenvalue weighted by atomic mass is 16.5. The highest BCUT2D eigenvalue weighted by Gasteiger charge is 2.16. The molecule has 0 amide bonds. The monoisotopic (exact) mass is 392 g/mol. The Kier molecular flexibility index (Phi) is 6.34. The molecule has 3 aromatic rings. The molecule has 0 unspecified atom stereocenters. The van der Waals surface area contributed by atoms with E-state index in [4.69, 9.17) is 15.2 Å². The Hall–Kier alpha value is -3.54. The predicted octanol–water partition coefficient (Wildman–Crippen LogP) is 4.90. The van der Waals surface area contributed by atoms with E-state index in [0.717, 1.165) is 12.0 Å². The van der Waals surface area contributed by atoms with Crippen molar-refractivity contribution in [1.82, 2.24) is 4.98 Å². The summed E-state index contributed by atoms with van der Waals surface area (Å²) in [6.45, 7) is 3.72. The standard InChI is InChI=1S/C23H24N2O4/c1-3-5-20-21(10-9-19(15(2)26)23(20)27)28-14-16-8-11-22(25-13-16)29-18-7-4-6-17(24)12-18/h4,6-13,27H,3,5,14,24H2,1-2H3. The van der Waals surface area contributed by atoms with Crippen molar-refractivity contribution in [3.05, 3.63) is 71.4 Å². The number of nitrogens with zero attached hydrogens (tertiary/aromatic N) is 1. The van der Waals surface area contributed by atoms with Crippen LogP contribution in [0.1, 0.15) is 41.8 Å². The topological polar surface area (TPSA) is 94.7 Å². The number of nitrogen functional groups attached to an aromatic ring is 1. The molecule has 3 N–H and O–H groups in total. The molecule has 2 aromatic carbocycles. The molecule has 0 aliphatic rings. The number of ketones is 1. The lowest BCUT2D eigenvalue weighted by atomic mass is 10.0. The zero-order valence-corrected chi connectivity index (χ0v) is 16.5. The number of hydrogen-bond acceptors (Lipinski definition) is 6. The van der Waals surface area contributed by atoms with Crippen molar-refractivity contribution in [2.24, 2.45) is 0 Å². The van der Waals surface area contributed by atoms with Gasteiger partial charge in [0, 0.05) is 35.1 Å². The van der Waals surface area contributed by atoms with E-state index < -0.39 is 0 Å². The van der Waals surface area contributed by atoms with Gasteiger partial charge in [-0.2, -0.15) is 0 Å².